The van der Waals surface area contributed by atoms with Crippen LogP contribution in [-0.4, -0.2) is 34.7 Å². The van der Waals surface area contributed by atoms with Crippen LogP contribution in [0.15, 0.2) is 18.2 Å². The Hall–Kier alpha value is -2.31. The van der Waals surface area contributed by atoms with Crippen molar-refractivity contribution < 1.29 is 19.6 Å². The second-order valence-corrected chi connectivity index (χ2v) is 5.50. The minimum atomic E-state index is -1.15. The summed E-state index contributed by atoms with van der Waals surface area (Å²) < 4.78 is 5.45. The van der Waals surface area contributed by atoms with Crippen molar-refractivity contribution in [3.63, 3.8) is 0 Å². The third-order valence-corrected chi connectivity index (χ3v) is 3.25. The molecule has 1 aromatic rings. The van der Waals surface area contributed by atoms with Gasteiger partial charge in [-0.25, -0.2) is 4.79 Å². The summed E-state index contributed by atoms with van der Waals surface area (Å²) in [5, 5.41) is 20.3. The van der Waals surface area contributed by atoms with E-state index in [1.165, 1.54) is 23.1 Å². The molecule has 1 N–H and O–H groups in total. The molecule has 1 rings (SSSR count). The zero-order valence-corrected chi connectivity index (χ0v) is 12.8. The van der Waals surface area contributed by atoms with E-state index in [4.69, 9.17) is 4.74 Å². The average molecular weight is 296 g/mol. The average Bonchev–Trinajstić information content (AvgIpc) is 2.36. The second kappa shape index (κ2) is 5.99. The second-order valence-electron chi connectivity index (χ2n) is 5.50. The minimum absolute atomic E-state index is 0.125. The van der Waals surface area contributed by atoms with Crippen LogP contribution in [0.2, 0.25) is 0 Å². The molecule has 0 amide bonds. The number of rotatable bonds is 6. The Morgan fingerprint density at radius 3 is 2.43 bits per heavy atom. The van der Waals surface area contributed by atoms with Gasteiger partial charge in [-0.15, -0.1) is 0 Å². The highest BCUT2D eigenvalue weighted by molar-refractivity contribution is 5.82. The topological polar surface area (TPSA) is 92.9 Å². The molecule has 0 saturated carbocycles. The Balaban J connectivity index is 3.27. The summed E-state index contributed by atoms with van der Waals surface area (Å²) >= 11 is 0. The van der Waals surface area contributed by atoms with Gasteiger partial charge in [-0.2, -0.15) is 0 Å². The van der Waals surface area contributed by atoms with Gasteiger partial charge in [0.15, 0.2) is 5.75 Å². The van der Waals surface area contributed by atoms with Crippen LogP contribution in [-0.2, 0) is 4.79 Å². The molecule has 1 aromatic carbocycles. The molecule has 0 heterocycles. The maximum absolute atomic E-state index is 11.3. The van der Waals surface area contributed by atoms with Crippen molar-refractivity contribution in [1.29, 1.82) is 0 Å². The summed E-state index contributed by atoms with van der Waals surface area (Å²) in [6, 6.07) is 4.32. The van der Waals surface area contributed by atoms with Gasteiger partial charge in [-0.1, -0.05) is 0 Å². The summed E-state index contributed by atoms with van der Waals surface area (Å²) in [5.41, 5.74) is -0.761. The first-order valence-electron chi connectivity index (χ1n) is 6.49. The summed E-state index contributed by atoms with van der Waals surface area (Å²) in [5.74, 6) is -0.866. The predicted molar refractivity (Wildman–Crippen MR) is 79.0 cm³/mol. The van der Waals surface area contributed by atoms with E-state index in [-0.39, 0.29) is 17.5 Å². The van der Waals surface area contributed by atoms with Gasteiger partial charge in [0, 0.05) is 24.9 Å². The predicted octanol–water partition coefficient (Wildman–Crippen LogP) is 2.68. The molecule has 0 aliphatic rings. The molecule has 0 aliphatic carbocycles. The Morgan fingerprint density at radius 1 is 1.43 bits per heavy atom. The lowest BCUT2D eigenvalue weighted by molar-refractivity contribution is -0.386. The van der Waals surface area contributed by atoms with Crippen molar-refractivity contribution in [2.24, 2.45) is 0 Å². The van der Waals surface area contributed by atoms with Crippen molar-refractivity contribution in [3.8, 4) is 5.75 Å². The number of carboxylic acids is 1. The lowest BCUT2D eigenvalue weighted by Crippen LogP contribution is -2.48. The number of hydrogen-bond donors (Lipinski definition) is 1. The number of likely N-dealkylation sites (N-methyl/N-ethyl adjacent to an activating group) is 1. The molecule has 0 aromatic heterocycles. The number of aliphatic carboxylic acids is 1. The molecular formula is C14H20N2O5. The number of nitro groups is 1. The fourth-order valence-electron chi connectivity index (χ4n) is 1.68. The number of nitrogens with zero attached hydrogens (tertiary/aromatic N) is 2. The van der Waals surface area contributed by atoms with E-state index in [2.05, 4.69) is 0 Å². The molecule has 0 bridgehead atoms. The molecule has 0 saturated heterocycles. The van der Waals surface area contributed by atoms with Gasteiger partial charge in [-0.05, 0) is 33.8 Å². The number of benzene rings is 1. The zero-order valence-electron chi connectivity index (χ0n) is 12.8. The normalized spacial score (nSPS) is 11.3. The van der Waals surface area contributed by atoms with E-state index in [1.54, 1.807) is 34.7 Å². The zero-order chi connectivity index (χ0) is 16.4. The van der Waals surface area contributed by atoms with Gasteiger partial charge in [-0.3, -0.25) is 10.1 Å². The highest BCUT2D eigenvalue weighted by Gasteiger charge is 2.33. The van der Waals surface area contributed by atoms with Crippen molar-refractivity contribution >= 4 is 17.3 Å². The molecule has 116 valence electrons. The Labute approximate surface area is 123 Å². The van der Waals surface area contributed by atoms with Crippen molar-refractivity contribution in [2.75, 3.05) is 11.9 Å². The van der Waals surface area contributed by atoms with Crippen molar-refractivity contribution in [2.45, 2.75) is 39.3 Å². The molecule has 0 spiro atoms. The van der Waals surface area contributed by atoms with E-state index in [1.807, 2.05) is 0 Å². The van der Waals surface area contributed by atoms with E-state index in [9.17, 15) is 20.0 Å². The first-order valence-corrected chi connectivity index (χ1v) is 6.49. The van der Waals surface area contributed by atoms with Gasteiger partial charge in [0.25, 0.3) is 0 Å². The van der Waals surface area contributed by atoms with Gasteiger partial charge >= 0.3 is 11.7 Å². The molecule has 7 nitrogen and oxygen atoms in total. The first kappa shape index (κ1) is 16.7. The highest BCUT2D eigenvalue weighted by Crippen LogP contribution is 2.34. The Kier molecular flexibility index (Phi) is 4.77. The Morgan fingerprint density at radius 2 is 2.00 bits per heavy atom. The van der Waals surface area contributed by atoms with Crippen LogP contribution in [0, 0.1) is 10.1 Å². The molecule has 0 atom stereocenters. The van der Waals surface area contributed by atoms with Crippen LogP contribution >= 0.6 is 0 Å². The van der Waals surface area contributed by atoms with Crippen LogP contribution in [0.3, 0.4) is 0 Å². The number of ether oxygens (including phenoxy) is 1. The standard InChI is InChI=1S/C14H20N2O5/c1-9(2)21-12-8-10(6-7-11(12)16(19)20)15(5)14(3,4)13(17)18/h6-9H,1-5H3,(H,17,18). The largest absolute Gasteiger partial charge is 0.484 e. The number of hydrogen-bond acceptors (Lipinski definition) is 5. The van der Waals surface area contributed by atoms with E-state index >= 15 is 0 Å². The minimum Gasteiger partial charge on any atom is -0.484 e. The number of anilines is 1. The first-order chi connectivity index (χ1) is 9.57. The van der Waals surface area contributed by atoms with Gasteiger partial charge in [0.1, 0.15) is 5.54 Å². The molecular weight excluding hydrogens is 276 g/mol. The molecule has 7 heteroatoms. The van der Waals surface area contributed by atoms with Gasteiger partial charge in [0.05, 0.1) is 11.0 Å². The third-order valence-electron chi connectivity index (χ3n) is 3.25. The maximum Gasteiger partial charge on any atom is 0.328 e. The van der Waals surface area contributed by atoms with Crippen molar-refractivity contribution in [3.05, 3.63) is 28.3 Å². The van der Waals surface area contributed by atoms with Crippen LogP contribution in [0.25, 0.3) is 0 Å². The van der Waals surface area contributed by atoms with Crippen LogP contribution in [0.1, 0.15) is 27.7 Å². The van der Waals surface area contributed by atoms with Gasteiger partial charge < -0.3 is 14.7 Å². The fraction of sp³-hybridized carbons (Fsp3) is 0.500. The fourth-order valence-corrected chi connectivity index (χ4v) is 1.68. The summed E-state index contributed by atoms with van der Waals surface area (Å²) in [7, 11) is 1.62. The van der Waals surface area contributed by atoms with E-state index in [0.717, 1.165) is 0 Å². The quantitative estimate of drug-likeness (QED) is 0.641. The summed E-state index contributed by atoms with van der Waals surface area (Å²) in [6.45, 7) is 6.64. The van der Waals surface area contributed by atoms with Gasteiger partial charge in [0.2, 0.25) is 0 Å². The van der Waals surface area contributed by atoms with Crippen LogP contribution in [0.5, 0.6) is 5.75 Å². The monoisotopic (exact) mass is 296 g/mol. The highest BCUT2D eigenvalue weighted by atomic mass is 16.6. The molecule has 0 fully saturated rings. The van der Waals surface area contributed by atoms with E-state index < -0.39 is 16.4 Å². The SMILES string of the molecule is CC(C)Oc1cc(N(C)C(C)(C)C(=O)O)ccc1[N+](=O)[O-]. The molecule has 0 aliphatic heterocycles. The smallest absolute Gasteiger partial charge is 0.328 e. The maximum atomic E-state index is 11.3. The summed E-state index contributed by atoms with van der Waals surface area (Å²) in [4.78, 5) is 23.3. The lowest BCUT2D eigenvalue weighted by atomic mass is 10.0. The Bertz CT molecular complexity index is 554. The van der Waals surface area contributed by atoms with Crippen molar-refractivity contribution in [1.82, 2.24) is 0 Å². The number of nitro benzene ring substituents is 1. The third kappa shape index (κ3) is 3.62. The number of carbonyl (C=O) groups is 1. The number of carboxylic acid groups (broad SMARTS) is 1. The van der Waals surface area contributed by atoms with Crippen LogP contribution in [0.4, 0.5) is 11.4 Å². The molecule has 21 heavy (non-hydrogen) atoms. The molecule has 0 unspecified atom stereocenters. The van der Waals surface area contributed by atoms with Crippen LogP contribution < -0.4 is 9.64 Å². The molecule has 0 radical (unpaired) electrons. The summed E-state index contributed by atoms with van der Waals surface area (Å²) in [6.07, 6.45) is -0.225. The lowest BCUT2D eigenvalue weighted by Gasteiger charge is -2.33. The van der Waals surface area contributed by atoms with E-state index in [0.29, 0.717) is 5.69 Å².